The monoisotopic (exact) mass is 243 g/mol. The van der Waals surface area contributed by atoms with E-state index in [9.17, 15) is 9.59 Å². The first-order chi connectivity index (χ1) is 8.13. The maximum absolute atomic E-state index is 11.4. The van der Waals surface area contributed by atoms with Crippen LogP contribution in [0.1, 0.15) is 39.0 Å². The molecule has 5 heteroatoms. The molecule has 0 spiro atoms. The van der Waals surface area contributed by atoms with Crippen LogP contribution in [0.25, 0.3) is 0 Å². The van der Waals surface area contributed by atoms with Gasteiger partial charge in [0.15, 0.2) is 0 Å². The molecule has 1 rings (SSSR count). The summed E-state index contributed by atoms with van der Waals surface area (Å²) in [6, 6.07) is 0. The second-order valence-electron chi connectivity index (χ2n) is 4.42. The Labute approximate surface area is 102 Å². The number of carboxylic acids is 1. The van der Waals surface area contributed by atoms with Gasteiger partial charge in [-0.3, -0.25) is 9.59 Å². The van der Waals surface area contributed by atoms with Crippen molar-refractivity contribution in [3.63, 3.8) is 0 Å². The summed E-state index contributed by atoms with van der Waals surface area (Å²) in [7, 11) is 0. The highest BCUT2D eigenvalue weighted by molar-refractivity contribution is 5.76. The molecule has 2 unspecified atom stereocenters. The van der Waals surface area contributed by atoms with Gasteiger partial charge in [-0.2, -0.15) is 0 Å². The van der Waals surface area contributed by atoms with Crippen molar-refractivity contribution in [2.75, 3.05) is 13.2 Å². The van der Waals surface area contributed by atoms with Crippen LogP contribution in [-0.4, -0.2) is 36.2 Å². The van der Waals surface area contributed by atoms with E-state index in [-0.39, 0.29) is 24.9 Å². The Kier molecular flexibility index (Phi) is 5.97. The molecule has 0 bridgehead atoms. The number of carboxylic acid groups (broad SMARTS) is 1. The lowest BCUT2D eigenvalue weighted by Gasteiger charge is -2.17. The smallest absolute Gasteiger partial charge is 0.303 e. The van der Waals surface area contributed by atoms with Gasteiger partial charge in [0.2, 0.25) is 5.91 Å². The minimum Gasteiger partial charge on any atom is -0.481 e. The van der Waals surface area contributed by atoms with Gasteiger partial charge in [-0.05, 0) is 19.3 Å². The molecule has 1 aliphatic rings. The Morgan fingerprint density at radius 2 is 2.18 bits per heavy atom. The van der Waals surface area contributed by atoms with Crippen LogP contribution in [0.4, 0.5) is 0 Å². The third-order valence-corrected chi connectivity index (χ3v) is 3.10. The number of amides is 1. The van der Waals surface area contributed by atoms with Gasteiger partial charge in [0.25, 0.3) is 0 Å². The largest absolute Gasteiger partial charge is 0.481 e. The molecule has 1 aliphatic heterocycles. The first-order valence-electron chi connectivity index (χ1n) is 6.23. The number of carbonyl (C=O) groups is 2. The fraction of sp³-hybridized carbons (Fsp3) is 0.833. The van der Waals surface area contributed by atoms with Gasteiger partial charge in [0.1, 0.15) is 0 Å². The lowest BCUT2D eigenvalue weighted by Crippen LogP contribution is -2.32. The maximum Gasteiger partial charge on any atom is 0.303 e. The van der Waals surface area contributed by atoms with Crippen molar-refractivity contribution < 1.29 is 19.4 Å². The Bertz CT molecular complexity index is 267. The standard InChI is InChI=1S/C12H21NO4/c1-2-10-9(6-7-17-10)8-13-11(14)4-3-5-12(15)16/h9-10H,2-8H2,1H3,(H,13,14)(H,15,16). The molecule has 1 heterocycles. The lowest BCUT2D eigenvalue weighted by atomic mass is 9.99. The summed E-state index contributed by atoms with van der Waals surface area (Å²) in [5.74, 6) is -0.510. The average Bonchev–Trinajstić information content (AvgIpc) is 2.73. The first-order valence-corrected chi connectivity index (χ1v) is 6.23. The number of aliphatic carboxylic acids is 1. The van der Waals surface area contributed by atoms with Crippen LogP contribution in [-0.2, 0) is 14.3 Å². The van der Waals surface area contributed by atoms with Gasteiger partial charge in [-0.15, -0.1) is 0 Å². The second-order valence-corrected chi connectivity index (χ2v) is 4.42. The van der Waals surface area contributed by atoms with Gasteiger partial charge >= 0.3 is 5.97 Å². The van der Waals surface area contributed by atoms with Crippen LogP contribution >= 0.6 is 0 Å². The van der Waals surface area contributed by atoms with Crippen molar-refractivity contribution in [2.24, 2.45) is 5.92 Å². The minimum atomic E-state index is -0.854. The summed E-state index contributed by atoms with van der Waals surface area (Å²) in [5, 5.41) is 11.3. The summed E-state index contributed by atoms with van der Waals surface area (Å²) < 4.78 is 5.53. The summed E-state index contributed by atoms with van der Waals surface area (Å²) >= 11 is 0. The molecule has 0 aromatic heterocycles. The predicted molar refractivity (Wildman–Crippen MR) is 62.6 cm³/mol. The zero-order valence-electron chi connectivity index (χ0n) is 10.3. The third kappa shape index (κ3) is 5.17. The van der Waals surface area contributed by atoms with Gasteiger partial charge in [0.05, 0.1) is 6.10 Å². The number of hydrogen-bond donors (Lipinski definition) is 2. The molecule has 5 nitrogen and oxygen atoms in total. The lowest BCUT2D eigenvalue weighted by molar-refractivity contribution is -0.137. The molecule has 0 aromatic rings. The van der Waals surface area contributed by atoms with Gasteiger partial charge in [0, 0.05) is 31.9 Å². The molecule has 0 aromatic carbocycles. The summed E-state index contributed by atoms with van der Waals surface area (Å²) in [4.78, 5) is 21.7. The van der Waals surface area contributed by atoms with E-state index in [0.29, 0.717) is 18.9 Å². The highest BCUT2D eigenvalue weighted by Gasteiger charge is 2.26. The summed E-state index contributed by atoms with van der Waals surface area (Å²) in [5.41, 5.74) is 0. The Hall–Kier alpha value is -1.10. The molecule has 0 saturated carbocycles. The molecule has 2 atom stereocenters. The highest BCUT2D eigenvalue weighted by atomic mass is 16.5. The molecule has 2 N–H and O–H groups in total. The van der Waals surface area contributed by atoms with E-state index in [1.165, 1.54) is 0 Å². The van der Waals surface area contributed by atoms with Crippen molar-refractivity contribution >= 4 is 11.9 Å². The number of ether oxygens (including phenoxy) is 1. The first kappa shape index (κ1) is 14.0. The van der Waals surface area contributed by atoms with Crippen LogP contribution in [0, 0.1) is 5.92 Å². The second kappa shape index (κ2) is 7.27. The molecular formula is C12H21NO4. The van der Waals surface area contributed by atoms with Crippen LogP contribution in [0.2, 0.25) is 0 Å². The van der Waals surface area contributed by atoms with E-state index in [4.69, 9.17) is 9.84 Å². The Balaban J connectivity index is 2.12. The van der Waals surface area contributed by atoms with E-state index < -0.39 is 5.97 Å². The number of nitrogens with one attached hydrogen (secondary N) is 1. The zero-order chi connectivity index (χ0) is 12.7. The third-order valence-electron chi connectivity index (χ3n) is 3.10. The molecule has 0 radical (unpaired) electrons. The SMILES string of the molecule is CCC1OCCC1CNC(=O)CCCC(=O)O. The Morgan fingerprint density at radius 1 is 1.41 bits per heavy atom. The summed E-state index contributed by atoms with van der Waals surface area (Å²) in [6.45, 7) is 3.50. The van der Waals surface area contributed by atoms with Crippen molar-refractivity contribution in [1.82, 2.24) is 5.32 Å². The molecule has 1 amide bonds. The van der Waals surface area contributed by atoms with Gasteiger partial charge in [-0.1, -0.05) is 6.92 Å². The molecule has 17 heavy (non-hydrogen) atoms. The molecule has 1 fully saturated rings. The summed E-state index contributed by atoms with van der Waals surface area (Å²) in [6.07, 6.45) is 2.97. The fourth-order valence-corrected chi connectivity index (χ4v) is 2.11. The fourth-order valence-electron chi connectivity index (χ4n) is 2.11. The van der Waals surface area contributed by atoms with Crippen LogP contribution in [0.5, 0.6) is 0 Å². The maximum atomic E-state index is 11.4. The van der Waals surface area contributed by atoms with Gasteiger partial charge in [-0.25, -0.2) is 0 Å². The van der Waals surface area contributed by atoms with Crippen LogP contribution in [0.3, 0.4) is 0 Å². The molecule has 0 aliphatic carbocycles. The van der Waals surface area contributed by atoms with E-state index in [0.717, 1.165) is 19.4 Å². The van der Waals surface area contributed by atoms with Crippen molar-refractivity contribution in [2.45, 2.75) is 45.1 Å². The van der Waals surface area contributed by atoms with E-state index >= 15 is 0 Å². The normalized spacial score (nSPS) is 23.6. The molecule has 98 valence electrons. The predicted octanol–water partition coefficient (Wildman–Crippen LogP) is 1.17. The van der Waals surface area contributed by atoms with Crippen LogP contribution in [0.15, 0.2) is 0 Å². The van der Waals surface area contributed by atoms with Crippen molar-refractivity contribution in [1.29, 1.82) is 0 Å². The Morgan fingerprint density at radius 3 is 2.82 bits per heavy atom. The zero-order valence-corrected chi connectivity index (χ0v) is 10.3. The van der Waals surface area contributed by atoms with Crippen molar-refractivity contribution in [3.05, 3.63) is 0 Å². The van der Waals surface area contributed by atoms with Gasteiger partial charge < -0.3 is 15.2 Å². The molecular weight excluding hydrogens is 222 g/mol. The van der Waals surface area contributed by atoms with E-state index in [1.54, 1.807) is 0 Å². The van der Waals surface area contributed by atoms with Crippen LogP contribution < -0.4 is 5.32 Å². The quantitative estimate of drug-likeness (QED) is 0.704. The number of hydrogen-bond acceptors (Lipinski definition) is 3. The highest BCUT2D eigenvalue weighted by Crippen LogP contribution is 2.22. The van der Waals surface area contributed by atoms with Crippen molar-refractivity contribution in [3.8, 4) is 0 Å². The topological polar surface area (TPSA) is 75.6 Å². The molecule has 1 saturated heterocycles. The minimum absolute atomic E-state index is 0.0531. The van der Waals surface area contributed by atoms with E-state index in [1.807, 2.05) is 0 Å². The average molecular weight is 243 g/mol. The number of rotatable bonds is 7. The number of carbonyl (C=O) groups excluding carboxylic acids is 1. The van der Waals surface area contributed by atoms with E-state index in [2.05, 4.69) is 12.2 Å².